The SMILES string of the molecule is CC(C)[C@@H](NC(=O)Cc1csc(Cc2ccccn2)n1)c1cccs1. The predicted octanol–water partition coefficient (Wildman–Crippen LogP) is 4.25. The summed E-state index contributed by atoms with van der Waals surface area (Å²) in [6, 6.07) is 10.0. The Labute approximate surface area is 156 Å². The first-order valence-electron chi connectivity index (χ1n) is 8.28. The summed E-state index contributed by atoms with van der Waals surface area (Å²) in [5, 5.41) is 8.14. The lowest BCUT2D eigenvalue weighted by atomic mass is 10.0. The minimum absolute atomic E-state index is 0.0155. The molecule has 1 amide bonds. The molecule has 0 unspecified atom stereocenters. The molecule has 3 aromatic heterocycles. The van der Waals surface area contributed by atoms with E-state index in [0.29, 0.717) is 18.8 Å². The van der Waals surface area contributed by atoms with Crippen molar-refractivity contribution < 1.29 is 4.79 Å². The summed E-state index contributed by atoms with van der Waals surface area (Å²) in [6.45, 7) is 4.25. The molecule has 0 saturated heterocycles. The van der Waals surface area contributed by atoms with Gasteiger partial charge in [-0.05, 0) is 29.5 Å². The van der Waals surface area contributed by atoms with Crippen molar-refractivity contribution in [2.45, 2.75) is 32.7 Å². The molecule has 0 aromatic carbocycles. The van der Waals surface area contributed by atoms with Gasteiger partial charge in [0, 0.05) is 28.6 Å². The van der Waals surface area contributed by atoms with Crippen molar-refractivity contribution in [2.75, 3.05) is 0 Å². The number of hydrogen-bond donors (Lipinski definition) is 1. The summed E-state index contributed by atoms with van der Waals surface area (Å²) in [5.41, 5.74) is 1.81. The monoisotopic (exact) mass is 371 g/mol. The van der Waals surface area contributed by atoms with E-state index in [1.165, 1.54) is 4.88 Å². The van der Waals surface area contributed by atoms with Gasteiger partial charge < -0.3 is 5.32 Å². The highest BCUT2D eigenvalue weighted by Crippen LogP contribution is 2.26. The molecule has 0 aliphatic carbocycles. The van der Waals surface area contributed by atoms with E-state index in [0.717, 1.165) is 16.4 Å². The smallest absolute Gasteiger partial charge is 0.226 e. The first-order valence-corrected chi connectivity index (χ1v) is 10.0. The number of pyridine rings is 1. The van der Waals surface area contributed by atoms with Crippen LogP contribution in [0.5, 0.6) is 0 Å². The molecule has 0 spiro atoms. The first kappa shape index (κ1) is 17.8. The number of thiophene rings is 1. The van der Waals surface area contributed by atoms with Crippen molar-refractivity contribution in [1.82, 2.24) is 15.3 Å². The number of carbonyl (C=O) groups is 1. The summed E-state index contributed by atoms with van der Waals surface area (Å²) in [5.74, 6) is 0.361. The van der Waals surface area contributed by atoms with Gasteiger partial charge in [-0.1, -0.05) is 26.0 Å². The molecule has 1 atom stereocenters. The van der Waals surface area contributed by atoms with E-state index in [1.807, 2.05) is 35.0 Å². The summed E-state index contributed by atoms with van der Waals surface area (Å²) >= 11 is 3.26. The molecular formula is C19H21N3OS2. The third-order valence-electron chi connectivity index (χ3n) is 3.83. The molecule has 0 aliphatic rings. The zero-order chi connectivity index (χ0) is 17.6. The van der Waals surface area contributed by atoms with Gasteiger partial charge in [-0.15, -0.1) is 22.7 Å². The Bertz CT molecular complexity index is 797. The Balaban J connectivity index is 1.59. The maximum absolute atomic E-state index is 12.4. The second-order valence-corrected chi connectivity index (χ2v) is 8.13. The Morgan fingerprint density at radius 2 is 2.04 bits per heavy atom. The van der Waals surface area contributed by atoms with Crippen LogP contribution >= 0.6 is 22.7 Å². The number of nitrogens with one attached hydrogen (secondary N) is 1. The van der Waals surface area contributed by atoms with Crippen molar-refractivity contribution in [3.8, 4) is 0 Å². The summed E-state index contributed by atoms with van der Waals surface area (Å²) in [6.07, 6.45) is 2.80. The van der Waals surface area contributed by atoms with Crippen LogP contribution in [0.15, 0.2) is 47.3 Å². The van der Waals surface area contributed by atoms with E-state index >= 15 is 0 Å². The number of rotatable bonds is 7. The van der Waals surface area contributed by atoms with Gasteiger partial charge >= 0.3 is 0 Å². The summed E-state index contributed by atoms with van der Waals surface area (Å²) in [7, 11) is 0. The molecule has 0 fully saturated rings. The van der Waals surface area contributed by atoms with E-state index in [1.54, 1.807) is 28.9 Å². The number of nitrogens with zero attached hydrogens (tertiary/aromatic N) is 2. The number of carbonyl (C=O) groups excluding carboxylic acids is 1. The van der Waals surface area contributed by atoms with Gasteiger partial charge in [0.1, 0.15) is 0 Å². The summed E-state index contributed by atoms with van der Waals surface area (Å²) < 4.78 is 0. The van der Waals surface area contributed by atoms with E-state index in [-0.39, 0.29) is 11.9 Å². The quantitative estimate of drug-likeness (QED) is 0.676. The van der Waals surface area contributed by atoms with Gasteiger partial charge in [0.25, 0.3) is 0 Å². The topological polar surface area (TPSA) is 54.9 Å². The highest BCUT2D eigenvalue weighted by Gasteiger charge is 2.19. The Morgan fingerprint density at radius 3 is 2.72 bits per heavy atom. The highest BCUT2D eigenvalue weighted by molar-refractivity contribution is 7.10. The lowest BCUT2D eigenvalue weighted by Crippen LogP contribution is -2.32. The molecule has 25 heavy (non-hydrogen) atoms. The van der Waals surface area contributed by atoms with Crippen LogP contribution in [0.2, 0.25) is 0 Å². The predicted molar refractivity (Wildman–Crippen MR) is 103 cm³/mol. The van der Waals surface area contributed by atoms with Gasteiger partial charge in [-0.3, -0.25) is 9.78 Å². The molecule has 3 aromatic rings. The maximum atomic E-state index is 12.4. The lowest BCUT2D eigenvalue weighted by molar-refractivity contribution is -0.121. The lowest BCUT2D eigenvalue weighted by Gasteiger charge is -2.21. The zero-order valence-electron chi connectivity index (χ0n) is 14.3. The molecule has 0 radical (unpaired) electrons. The minimum Gasteiger partial charge on any atom is -0.348 e. The third kappa shape index (κ3) is 4.96. The number of aromatic nitrogens is 2. The van der Waals surface area contributed by atoms with Crippen molar-refractivity contribution in [2.24, 2.45) is 5.92 Å². The molecule has 130 valence electrons. The average molecular weight is 372 g/mol. The molecule has 3 rings (SSSR count). The van der Waals surface area contributed by atoms with E-state index in [2.05, 4.69) is 35.2 Å². The molecule has 4 nitrogen and oxygen atoms in total. The molecule has 3 heterocycles. The van der Waals surface area contributed by atoms with Gasteiger partial charge in [0.15, 0.2) is 0 Å². The van der Waals surface area contributed by atoms with Crippen molar-refractivity contribution >= 4 is 28.6 Å². The Morgan fingerprint density at radius 1 is 1.16 bits per heavy atom. The maximum Gasteiger partial charge on any atom is 0.226 e. The molecule has 6 heteroatoms. The van der Waals surface area contributed by atoms with Gasteiger partial charge in [-0.25, -0.2) is 4.98 Å². The highest BCUT2D eigenvalue weighted by atomic mass is 32.1. The molecule has 0 aliphatic heterocycles. The second-order valence-electron chi connectivity index (χ2n) is 6.21. The Hall–Kier alpha value is -2.05. The standard InChI is InChI=1S/C19H21N3OS2/c1-13(2)19(16-7-5-9-24-16)22-17(23)10-15-12-25-18(21-15)11-14-6-3-4-8-20-14/h3-9,12-13,19H,10-11H2,1-2H3,(H,22,23)/t19-/m1/s1. The van der Waals surface area contributed by atoms with Crippen LogP contribution in [0.1, 0.15) is 41.2 Å². The summed E-state index contributed by atoms with van der Waals surface area (Å²) in [4.78, 5) is 22.5. The van der Waals surface area contributed by atoms with E-state index < -0.39 is 0 Å². The van der Waals surface area contributed by atoms with Crippen molar-refractivity contribution in [3.63, 3.8) is 0 Å². The molecule has 1 N–H and O–H groups in total. The van der Waals surface area contributed by atoms with Crippen LogP contribution in [0.4, 0.5) is 0 Å². The number of hydrogen-bond acceptors (Lipinski definition) is 5. The molecule has 0 saturated carbocycles. The first-order chi connectivity index (χ1) is 12.1. The number of amides is 1. The Kier molecular flexibility index (Phi) is 5.94. The van der Waals surface area contributed by atoms with Crippen LogP contribution in [-0.4, -0.2) is 15.9 Å². The fourth-order valence-corrected chi connectivity index (χ4v) is 4.35. The van der Waals surface area contributed by atoms with Crippen LogP contribution in [0.25, 0.3) is 0 Å². The fourth-order valence-electron chi connectivity index (χ4n) is 2.59. The number of thiazole rings is 1. The van der Waals surface area contributed by atoms with Gasteiger partial charge in [0.05, 0.1) is 23.2 Å². The van der Waals surface area contributed by atoms with Crippen LogP contribution in [0.3, 0.4) is 0 Å². The van der Waals surface area contributed by atoms with Gasteiger partial charge in [0.2, 0.25) is 5.91 Å². The van der Waals surface area contributed by atoms with E-state index in [4.69, 9.17) is 0 Å². The van der Waals surface area contributed by atoms with E-state index in [9.17, 15) is 4.79 Å². The van der Waals surface area contributed by atoms with Crippen LogP contribution < -0.4 is 5.32 Å². The zero-order valence-corrected chi connectivity index (χ0v) is 15.9. The third-order valence-corrected chi connectivity index (χ3v) is 5.69. The van der Waals surface area contributed by atoms with Crippen molar-refractivity contribution in [1.29, 1.82) is 0 Å². The average Bonchev–Trinajstić information content (AvgIpc) is 3.25. The largest absolute Gasteiger partial charge is 0.348 e. The van der Waals surface area contributed by atoms with Gasteiger partial charge in [-0.2, -0.15) is 0 Å². The second kappa shape index (κ2) is 8.36. The van der Waals surface area contributed by atoms with Crippen molar-refractivity contribution in [3.05, 3.63) is 68.6 Å². The van der Waals surface area contributed by atoms with Crippen LogP contribution in [-0.2, 0) is 17.6 Å². The normalized spacial score (nSPS) is 12.3. The minimum atomic E-state index is 0.0155. The molecule has 0 bridgehead atoms. The van der Waals surface area contributed by atoms with Crippen LogP contribution in [0, 0.1) is 5.92 Å². The molecular weight excluding hydrogens is 350 g/mol. The fraction of sp³-hybridized carbons (Fsp3) is 0.316.